The van der Waals surface area contributed by atoms with Gasteiger partial charge in [0.15, 0.2) is 0 Å². The van der Waals surface area contributed by atoms with Crippen molar-refractivity contribution in [3.05, 3.63) is 10.6 Å². The highest BCUT2D eigenvalue weighted by Crippen LogP contribution is 2.28. The number of nitrogens with one attached hydrogen (secondary N) is 1. The fraction of sp³-hybridized carbons (Fsp3) is 0.857. The molecule has 5 heteroatoms. The van der Waals surface area contributed by atoms with Crippen LogP contribution in [0.5, 0.6) is 0 Å². The van der Waals surface area contributed by atoms with Gasteiger partial charge in [-0.1, -0.05) is 18.3 Å². The molecule has 0 spiro atoms. The standard InChI is InChI=1S/C14H25N3OS/c1-3-9-15-13(8-7-11-6-5-10-18-11)14-12(4-2)16-17-19-14/h11,13,15H,3-10H2,1-2H3. The molecule has 0 bridgehead atoms. The van der Waals surface area contributed by atoms with E-state index in [9.17, 15) is 0 Å². The molecule has 0 radical (unpaired) electrons. The molecule has 2 unspecified atom stereocenters. The summed E-state index contributed by atoms with van der Waals surface area (Å²) < 4.78 is 9.85. The summed E-state index contributed by atoms with van der Waals surface area (Å²) in [5.74, 6) is 0. The molecular weight excluding hydrogens is 258 g/mol. The van der Waals surface area contributed by atoms with Crippen molar-refractivity contribution in [3.63, 3.8) is 0 Å². The topological polar surface area (TPSA) is 47.0 Å². The highest BCUT2D eigenvalue weighted by Gasteiger charge is 2.21. The normalized spacial score (nSPS) is 20.8. The van der Waals surface area contributed by atoms with Gasteiger partial charge in [0, 0.05) is 12.6 Å². The predicted octanol–water partition coefficient (Wildman–Crippen LogP) is 3.10. The fourth-order valence-electron chi connectivity index (χ4n) is 2.59. The molecule has 1 aromatic rings. The number of nitrogens with zero attached hydrogens (tertiary/aromatic N) is 2. The average Bonchev–Trinajstić information content (AvgIpc) is 3.09. The highest BCUT2D eigenvalue weighted by atomic mass is 32.1. The van der Waals surface area contributed by atoms with Crippen LogP contribution < -0.4 is 5.32 Å². The molecule has 108 valence electrons. The van der Waals surface area contributed by atoms with Gasteiger partial charge in [0.25, 0.3) is 0 Å². The molecule has 2 atom stereocenters. The Morgan fingerprint density at radius 3 is 3.05 bits per heavy atom. The second-order valence-electron chi connectivity index (χ2n) is 5.16. The predicted molar refractivity (Wildman–Crippen MR) is 78.5 cm³/mol. The number of aryl methyl sites for hydroxylation is 1. The number of ether oxygens (including phenoxy) is 1. The molecule has 0 saturated carbocycles. The molecule has 2 rings (SSSR count). The van der Waals surface area contributed by atoms with Gasteiger partial charge in [0.05, 0.1) is 16.7 Å². The van der Waals surface area contributed by atoms with E-state index in [1.54, 1.807) is 11.5 Å². The van der Waals surface area contributed by atoms with Crippen molar-refractivity contribution in [1.29, 1.82) is 0 Å². The summed E-state index contributed by atoms with van der Waals surface area (Å²) in [6.45, 7) is 6.35. The summed E-state index contributed by atoms with van der Waals surface area (Å²) in [4.78, 5) is 1.33. The molecule has 1 aromatic heterocycles. The van der Waals surface area contributed by atoms with Crippen molar-refractivity contribution in [2.75, 3.05) is 13.2 Å². The zero-order chi connectivity index (χ0) is 13.5. The Kier molecular flexibility index (Phi) is 6.20. The summed E-state index contributed by atoms with van der Waals surface area (Å²) >= 11 is 1.55. The number of rotatable bonds is 8. The minimum Gasteiger partial charge on any atom is -0.378 e. The van der Waals surface area contributed by atoms with Crippen LogP contribution in [0.4, 0.5) is 0 Å². The summed E-state index contributed by atoms with van der Waals surface area (Å²) in [7, 11) is 0. The molecule has 1 saturated heterocycles. The third-order valence-corrected chi connectivity index (χ3v) is 4.56. The van der Waals surface area contributed by atoms with E-state index in [1.807, 2.05) is 0 Å². The first-order valence-electron chi connectivity index (χ1n) is 7.51. The third-order valence-electron chi connectivity index (χ3n) is 3.68. The number of hydrogen-bond acceptors (Lipinski definition) is 5. The van der Waals surface area contributed by atoms with Gasteiger partial charge in [0.1, 0.15) is 0 Å². The molecule has 0 amide bonds. The number of aromatic nitrogens is 2. The first-order chi connectivity index (χ1) is 9.35. The monoisotopic (exact) mass is 283 g/mol. The van der Waals surface area contributed by atoms with Crippen LogP contribution in [0.25, 0.3) is 0 Å². The third kappa shape index (κ3) is 4.23. The van der Waals surface area contributed by atoms with Gasteiger partial charge in [-0.3, -0.25) is 0 Å². The van der Waals surface area contributed by atoms with Crippen LogP contribution in [0.2, 0.25) is 0 Å². The van der Waals surface area contributed by atoms with Crippen molar-refractivity contribution in [1.82, 2.24) is 14.9 Å². The molecule has 0 aromatic carbocycles. The van der Waals surface area contributed by atoms with E-state index in [0.717, 1.165) is 44.5 Å². The Bertz CT molecular complexity index is 363. The summed E-state index contributed by atoms with van der Waals surface area (Å²) in [6.07, 6.45) is 7.31. The van der Waals surface area contributed by atoms with Gasteiger partial charge >= 0.3 is 0 Å². The average molecular weight is 283 g/mol. The van der Waals surface area contributed by atoms with Crippen LogP contribution in [0.15, 0.2) is 0 Å². The quantitative estimate of drug-likeness (QED) is 0.796. The summed E-state index contributed by atoms with van der Waals surface area (Å²) in [5.41, 5.74) is 1.16. The Balaban J connectivity index is 1.94. The van der Waals surface area contributed by atoms with Crippen LogP contribution in [0.3, 0.4) is 0 Å². The molecule has 0 aliphatic carbocycles. The zero-order valence-electron chi connectivity index (χ0n) is 12.0. The Morgan fingerprint density at radius 2 is 2.37 bits per heavy atom. The molecule has 1 aliphatic heterocycles. The second-order valence-corrected chi connectivity index (χ2v) is 5.94. The molecule has 2 heterocycles. The maximum Gasteiger partial charge on any atom is 0.0800 e. The van der Waals surface area contributed by atoms with Gasteiger partial charge < -0.3 is 10.1 Å². The molecule has 19 heavy (non-hydrogen) atoms. The Labute approximate surface area is 120 Å². The highest BCUT2D eigenvalue weighted by molar-refractivity contribution is 7.05. The van der Waals surface area contributed by atoms with Crippen molar-refractivity contribution in [2.45, 2.75) is 64.5 Å². The van der Waals surface area contributed by atoms with Crippen LogP contribution in [0.1, 0.15) is 62.6 Å². The van der Waals surface area contributed by atoms with Gasteiger partial charge in [-0.2, -0.15) is 0 Å². The van der Waals surface area contributed by atoms with Gasteiger partial charge in [-0.15, -0.1) is 5.10 Å². The lowest BCUT2D eigenvalue weighted by atomic mass is 10.0. The minimum atomic E-state index is 0.402. The van der Waals surface area contributed by atoms with E-state index >= 15 is 0 Å². The Hall–Kier alpha value is -0.520. The van der Waals surface area contributed by atoms with E-state index in [2.05, 4.69) is 28.8 Å². The second kappa shape index (κ2) is 7.92. The van der Waals surface area contributed by atoms with E-state index in [-0.39, 0.29) is 0 Å². The van der Waals surface area contributed by atoms with E-state index in [4.69, 9.17) is 4.74 Å². The SMILES string of the molecule is CCCNC(CCC1CCCO1)c1snnc1CC. The number of hydrogen-bond donors (Lipinski definition) is 1. The van der Waals surface area contributed by atoms with Crippen LogP contribution in [-0.2, 0) is 11.2 Å². The first kappa shape index (κ1) is 14.9. The molecule has 1 N–H and O–H groups in total. The zero-order valence-corrected chi connectivity index (χ0v) is 12.8. The fourth-order valence-corrected chi connectivity index (χ4v) is 3.44. The van der Waals surface area contributed by atoms with Crippen molar-refractivity contribution < 1.29 is 4.74 Å². The summed E-state index contributed by atoms with van der Waals surface area (Å²) in [5, 5.41) is 7.89. The maximum absolute atomic E-state index is 5.73. The van der Waals surface area contributed by atoms with Crippen molar-refractivity contribution >= 4 is 11.5 Å². The van der Waals surface area contributed by atoms with Gasteiger partial charge in [0.2, 0.25) is 0 Å². The van der Waals surface area contributed by atoms with Crippen molar-refractivity contribution in [3.8, 4) is 0 Å². The molecule has 4 nitrogen and oxygen atoms in total. The van der Waals surface area contributed by atoms with Gasteiger partial charge in [-0.25, -0.2) is 0 Å². The van der Waals surface area contributed by atoms with E-state index < -0.39 is 0 Å². The van der Waals surface area contributed by atoms with Gasteiger partial charge in [-0.05, 0) is 56.6 Å². The van der Waals surface area contributed by atoms with E-state index in [1.165, 1.54) is 17.7 Å². The molecule has 1 aliphatic rings. The minimum absolute atomic E-state index is 0.402. The molecule has 1 fully saturated rings. The molecular formula is C14H25N3OS. The van der Waals surface area contributed by atoms with Crippen LogP contribution in [-0.4, -0.2) is 28.8 Å². The lowest BCUT2D eigenvalue weighted by Gasteiger charge is -2.19. The van der Waals surface area contributed by atoms with Crippen LogP contribution >= 0.6 is 11.5 Å². The lowest BCUT2D eigenvalue weighted by Crippen LogP contribution is -2.23. The first-order valence-corrected chi connectivity index (χ1v) is 8.28. The largest absolute Gasteiger partial charge is 0.378 e. The lowest BCUT2D eigenvalue weighted by molar-refractivity contribution is 0.0996. The van der Waals surface area contributed by atoms with Crippen LogP contribution in [0, 0.1) is 0 Å². The smallest absolute Gasteiger partial charge is 0.0800 e. The summed E-state index contributed by atoms with van der Waals surface area (Å²) in [6, 6.07) is 0.402. The maximum atomic E-state index is 5.73. The van der Waals surface area contributed by atoms with Crippen molar-refractivity contribution in [2.24, 2.45) is 0 Å². The Morgan fingerprint density at radius 1 is 1.47 bits per heavy atom. The van der Waals surface area contributed by atoms with E-state index in [0.29, 0.717) is 12.1 Å².